The number of urea groups is 1. The van der Waals surface area contributed by atoms with Crippen LogP contribution in [-0.4, -0.2) is 23.2 Å². The number of allylic oxidation sites excluding steroid dienone is 1. The molecule has 0 saturated carbocycles. The number of nitrogens with one attached hydrogen (secondary N) is 2. The average Bonchev–Trinajstić information content (AvgIpc) is 2.66. The molecule has 1 aromatic heterocycles. The summed E-state index contributed by atoms with van der Waals surface area (Å²) in [4.78, 5) is 16.4. The lowest BCUT2D eigenvalue weighted by Crippen LogP contribution is -2.48. The molecule has 0 spiro atoms. The summed E-state index contributed by atoms with van der Waals surface area (Å²) < 4.78 is 76.8. The highest BCUT2D eigenvalue weighted by atomic mass is 19.4. The number of amides is 2. The van der Waals surface area contributed by atoms with Crippen molar-refractivity contribution in [3.05, 3.63) is 77.6 Å². The van der Waals surface area contributed by atoms with Crippen LogP contribution in [0.15, 0.2) is 55.3 Å². The Labute approximate surface area is 169 Å². The Morgan fingerprint density at radius 3 is 2.27 bits per heavy atom. The second-order valence-corrected chi connectivity index (χ2v) is 6.47. The van der Waals surface area contributed by atoms with Crippen LogP contribution in [0.2, 0.25) is 0 Å². The Morgan fingerprint density at radius 1 is 1.10 bits per heavy atom. The molecule has 2 aromatic rings. The lowest BCUT2D eigenvalue weighted by atomic mass is 9.97. The van der Waals surface area contributed by atoms with Gasteiger partial charge in [-0.3, -0.25) is 4.98 Å². The molecule has 1 heterocycles. The number of carbonyl (C=O) groups excluding carboxylic acids is 1. The highest BCUT2D eigenvalue weighted by Crippen LogP contribution is 2.31. The molecule has 162 valence electrons. The average molecular weight is 431 g/mol. The van der Waals surface area contributed by atoms with Gasteiger partial charge in [0.2, 0.25) is 0 Å². The normalized spacial score (nSPS) is 14.0. The molecule has 30 heavy (non-hydrogen) atoms. The Hall–Kier alpha value is -3.04. The van der Waals surface area contributed by atoms with Crippen LogP contribution >= 0.6 is 0 Å². The second-order valence-electron chi connectivity index (χ2n) is 6.47. The van der Waals surface area contributed by atoms with Crippen molar-refractivity contribution >= 4 is 6.03 Å². The summed E-state index contributed by atoms with van der Waals surface area (Å²) >= 11 is 0. The van der Waals surface area contributed by atoms with Crippen molar-refractivity contribution in [1.29, 1.82) is 0 Å². The first-order valence-electron chi connectivity index (χ1n) is 8.79. The molecule has 0 aliphatic heterocycles. The summed E-state index contributed by atoms with van der Waals surface area (Å²) in [7, 11) is 0. The van der Waals surface area contributed by atoms with Crippen molar-refractivity contribution in [2.24, 2.45) is 0 Å². The zero-order valence-corrected chi connectivity index (χ0v) is 15.8. The van der Waals surface area contributed by atoms with Crippen molar-refractivity contribution in [2.75, 3.05) is 0 Å². The maximum Gasteiger partial charge on any atom is 0.416 e. The summed E-state index contributed by atoms with van der Waals surface area (Å²) in [5.74, 6) is 0. The van der Waals surface area contributed by atoms with E-state index in [2.05, 4.69) is 16.9 Å². The van der Waals surface area contributed by atoms with E-state index in [0.717, 1.165) is 31.2 Å². The van der Waals surface area contributed by atoms with Crippen molar-refractivity contribution in [3.8, 4) is 0 Å². The van der Waals surface area contributed by atoms with E-state index in [-0.39, 0.29) is 11.3 Å². The predicted octanol–water partition coefficient (Wildman–Crippen LogP) is 5.17. The Morgan fingerprint density at radius 2 is 1.73 bits per heavy atom. The van der Waals surface area contributed by atoms with Gasteiger partial charge in [-0.15, -0.1) is 6.58 Å². The van der Waals surface area contributed by atoms with Gasteiger partial charge >= 0.3 is 18.4 Å². The minimum Gasteiger partial charge on any atom is -0.327 e. The van der Waals surface area contributed by atoms with Crippen molar-refractivity contribution < 1.29 is 31.1 Å². The molecule has 2 N–H and O–H groups in total. The van der Waals surface area contributed by atoms with Crippen LogP contribution in [0.1, 0.15) is 35.3 Å². The van der Waals surface area contributed by atoms with E-state index < -0.39 is 36.0 Å². The van der Waals surface area contributed by atoms with Gasteiger partial charge in [0, 0.05) is 6.20 Å². The Bertz CT molecular complexity index is 877. The molecule has 2 rings (SSSR count). The Balaban J connectivity index is 2.41. The molecule has 0 aliphatic rings. The minimum absolute atomic E-state index is 0.224. The summed E-state index contributed by atoms with van der Waals surface area (Å²) in [6.07, 6.45) is -5.89. The molecule has 0 bridgehead atoms. The number of halogens is 6. The Kier molecular flexibility index (Phi) is 7.12. The van der Waals surface area contributed by atoms with E-state index in [9.17, 15) is 31.1 Å². The van der Waals surface area contributed by atoms with Gasteiger partial charge < -0.3 is 10.6 Å². The molecule has 2 amide bonds. The van der Waals surface area contributed by atoms with Crippen molar-refractivity contribution in [2.45, 2.75) is 37.8 Å². The van der Waals surface area contributed by atoms with Gasteiger partial charge in [0.05, 0.1) is 17.3 Å². The van der Waals surface area contributed by atoms with Gasteiger partial charge in [0.1, 0.15) is 6.04 Å². The topological polar surface area (TPSA) is 54.0 Å². The van der Waals surface area contributed by atoms with E-state index >= 15 is 0 Å². The van der Waals surface area contributed by atoms with Gasteiger partial charge in [-0.2, -0.15) is 26.3 Å². The summed E-state index contributed by atoms with van der Waals surface area (Å²) in [5, 5.41) is 4.16. The molecule has 2 unspecified atom stereocenters. The standard InChI is InChI=1S/C20H19F6N3O/c1-3-5-13-6-4-11-27-16(13)17(29-18(30)28-12(2)19(21,22)23)14-7-9-15(10-8-14)20(24,25)26/h3-4,6-12,17H,1,5H2,2H3,(H2,28,29,30). The lowest BCUT2D eigenvalue weighted by Gasteiger charge is -2.24. The quantitative estimate of drug-likeness (QED) is 0.490. The number of pyridine rings is 1. The largest absolute Gasteiger partial charge is 0.416 e. The molecule has 2 atom stereocenters. The fourth-order valence-corrected chi connectivity index (χ4v) is 2.66. The van der Waals surface area contributed by atoms with Crippen molar-refractivity contribution in [3.63, 3.8) is 0 Å². The van der Waals surface area contributed by atoms with Crippen LogP contribution in [0, 0.1) is 0 Å². The van der Waals surface area contributed by atoms with Crippen LogP contribution in [-0.2, 0) is 12.6 Å². The highest BCUT2D eigenvalue weighted by Gasteiger charge is 2.37. The number of carbonyl (C=O) groups is 1. The molecule has 10 heteroatoms. The number of nitrogens with zero attached hydrogens (tertiary/aromatic N) is 1. The lowest BCUT2D eigenvalue weighted by molar-refractivity contribution is -0.148. The smallest absolute Gasteiger partial charge is 0.327 e. The van der Waals surface area contributed by atoms with E-state index in [0.29, 0.717) is 12.0 Å². The maximum absolute atomic E-state index is 12.9. The van der Waals surface area contributed by atoms with E-state index in [1.165, 1.54) is 6.20 Å². The third kappa shape index (κ3) is 5.98. The number of alkyl halides is 6. The molecule has 0 radical (unpaired) electrons. The number of aromatic nitrogens is 1. The first-order valence-corrected chi connectivity index (χ1v) is 8.79. The minimum atomic E-state index is -4.65. The van der Waals surface area contributed by atoms with Crippen molar-refractivity contribution in [1.82, 2.24) is 15.6 Å². The summed E-state index contributed by atoms with van der Waals surface area (Å²) in [6, 6.07) is 2.91. The monoisotopic (exact) mass is 431 g/mol. The van der Waals surface area contributed by atoms with Gasteiger partial charge in [0.25, 0.3) is 0 Å². The number of hydrogen-bond donors (Lipinski definition) is 2. The van der Waals surface area contributed by atoms with Crippen LogP contribution in [0.5, 0.6) is 0 Å². The molecular weight excluding hydrogens is 412 g/mol. The van der Waals surface area contributed by atoms with Crippen LogP contribution < -0.4 is 10.6 Å². The maximum atomic E-state index is 12.9. The van der Waals surface area contributed by atoms with Crippen LogP contribution in [0.25, 0.3) is 0 Å². The van der Waals surface area contributed by atoms with E-state index in [1.807, 2.05) is 0 Å². The van der Waals surface area contributed by atoms with Gasteiger partial charge in [-0.05, 0) is 42.7 Å². The SMILES string of the molecule is C=CCc1cccnc1C(NC(=O)NC(C)C(F)(F)F)c1ccc(C(F)(F)F)cc1. The van der Waals surface area contributed by atoms with E-state index in [4.69, 9.17) is 0 Å². The first-order chi connectivity index (χ1) is 13.9. The molecule has 0 fully saturated rings. The summed E-state index contributed by atoms with van der Waals surface area (Å²) in [5.41, 5.74) is 0.225. The number of benzene rings is 1. The zero-order chi connectivity index (χ0) is 22.5. The summed E-state index contributed by atoms with van der Waals surface area (Å²) in [6.45, 7) is 4.39. The predicted molar refractivity (Wildman–Crippen MR) is 98.6 cm³/mol. The van der Waals surface area contributed by atoms with Gasteiger partial charge in [-0.25, -0.2) is 4.79 Å². The second kappa shape index (κ2) is 9.19. The third-order valence-corrected chi connectivity index (χ3v) is 4.25. The highest BCUT2D eigenvalue weighted by molar-refractivity contribution is 5.75. The molecule has 1 aromatic carbocycles. The fraction of sp³-hybridized carbons (Fsp3) is 0.300. The fourth-order valence-electron chi connectivity index (χ4n) is 2.66. The molecule has 0 aliphatic carbocycles. The molecular formula is C20H19F6N3O. The number of rotatable bonds is 6. The van der Waals surface area contributed by atoms with E-state index in [1.54, 1.807) is 23.5 Å². The van der Waals surface area contributed by atoms with Crippen LogP contribution in [0.4, 0.5) is 31.1 Å². The molecule has 4 nitrogen and oxygen atoms in total. The third-order valence-electron chi connectivity index (χ3n) is 4.25. The van der Waals surface area contributed by atoms with Gasteiger partial charge in [-0.1, -0.05) is 24.3 Å². The molecule has 0 saturated heterocycles. The zero-order valence-electron chi connectivity index (χ0n) is 15.8. The van der Waals surface area contributed by atoms with Crippen LogP contribution in [0.3, 0.4) is 0 Å². The first kappa shape index (κ1) is 23.2. The number of hydrogen-bond acceptors (Lipinski definition) is 2. The van der Waals surface area contributed by atoms with Gasteiger partial charge in [0.15, 0.2) is 0 Å².